The average molecular weight is 325 g/mol. The van der Waals surface area contributed by atoms with Gasteiger partial charge in [-0.2, -0.15) is 0 Å². The van der Waals surface area contributed by atoms with Crippen LogP contribution in [0.2, 0.25) is 0 Å². The summed E-state index contributed by atoms with van der Waals surface area (Å²) in [6.07, 6.45) is 2.71. The lowest BCUT2D eigenvalue weighted by Crippen LogP contribution is -2.38. The first-order chi connectivity index (χ1) is 8.99. The smallest absolute Gasteiger partial charge is 0.0213 e. The molecular formula is C16H25BrN2. The topological polar surface area (TPSA) is 24.1 Å². The average Bonchev–Trinajstić information content (AvgIpc) is 3.09. The molecule has 1 aliphatic carbocycles. The Morgan fingerprint density at radius 1 is 1.21 bits per heavy atom. The first-order valence-electron chi connectivity index (χ1n) is 7.09. The van der Waals surface area contributed by atoms with Crippen molar-refractivity contribution in [2.75, 3.05) is 26.7 Å². The molecule has 0 amide bonds. The fourth-order valence-corrected chi connectivity index (χ4v) is 3.53. The molecule has 2 nitrogen and oxygen atoms in total. The van der Waals surface area contributed by atoms with Gasteiger partial charge in [0.2, 0.25) is 0 Å². The molecule has 106 valence electrons. The monoisotopic (exact) mass is 324 g/mol. The minimum atomic E-state index is 0.149. The molecule has 0 heterocycles. The molecule has 2 rings (SSSR count). The molecule has 0 atom stereocenters. The van der Waals surface area contributed by atoms with E-state index in [-0.39, 0.29) is 5.41 Å². The molecule has 19 heavy (non-hydrogen) atoms. The van der Waals surface area contributed by atoms with Gasteiger partial charge in [-0.1, -0.05) is 48.0 Å². The van der Waals surface area contributed by atoms with E-state index in [1.807, 2.05) is 7.05 Å². The zero-order valence-corrected chi connectivity index (χ0v) is 13.8. The highest BCUT2D eigenvalue weighted by Crippen LogP contribution is 2.44. The summed E-state index contributed by atoms with van der Waals surface area (Å²) in [5.41, 5.74) is 2.05. The van der Waals surface area contributed by atoms with E-state index in [0.29, 0.717) is 5.41 Å². The highest BCUT2D eigenvalue weighted by Gasteiger charge is 2.41. The fraction of sp³-hybridized carbons (Fsp3) is 0.625. The third-order valence-corrected chi connectivity index (χ3v) is 4.87. The molecule has 0 spiro atoms. The van der Waals surface area contributed by atoms with Gasteiger partial charge in [0.05, 0.1) is 0 Å². The lowest BCUT2D eigenvalue weighted by Gasteiger charge is -2.28. The second-order valence-electron chi connectivity index (χ2n) is 6.50. The fourth-order valence-electron chi connectivity index (χ4n) is 2.71. The second kappa shape index (κ2) is 5.94. The SMILES string of the molecule is CNCC1(CNCC(C)(C)c2ccccc2Br)CC1. The molecule has 1 aromatic carbocycles. The number of hydrogen-bond donors (Lipinski definition) is 2. The molecule has 0 saturated heterocycles. The number of nitrogens with one attached hydrogen (secondary N) is 2. The van der Waals surface area contributed by atoms with Crippen molar-refractivity contribution in [2.45, 2.75) is 32.1 Å². The maximum atomic E-state index is 3.68. The van der Waals surface area contributed by atoms with Crippen LogP contribution in [0, 0.1) is 5.41 Å². The third-order valence-electron chi connectivity index (χ3n) is 4.18. The first kappa shape index (κ1) is 15.0. The summed E-state index contributed by atoms with van der Waals surface area (Å²) in [5, 5.41) is 6.99. The summed E-state index contributed by atoms with van der Waals surface area (Å²) in [7, 11) is 2.05. The van der Waals surface area contributed by atoms with Gasteiger partial charge in [-0.25, -0.2) is 0 Å². The van der Waals surface area contributed by atoms with E-state index in [0.717, 1.165) is 19.6 Å². The predicted octanol–water partition coefficient (Wildman–Crippen LogP) is 3.32. The van der Waals surface area contributed by atoms with E-state index >= 15 is 0 Å². The highest BCUT2D eigenvalue weighted by molar-refractivity contribution is 9.10. The minimum absolute atomic E-state index is 0.149. The van der Waals surface area contributed by atoms with E-state index in [4.69, 9.17) is 0 Å². The Morgan fingerprint density at radius 3 is 2.47 bits per heavy atom. The second-order valence-corrected chi connectivity index (χ2v) is 7.35. The van der Waals surface area contributed by atoms with E-state index < -0.39 is 0 Å². The molecule has 0 aliphatic heterocycles. The van der Waals surface area contributed by atoms with Crippen molar-refractivity contribution in [3.05, 3.63) is 34.3 Å². The van der Waals surface area contributed by atoms with Gasteiger partial charge in [0, 0.05) is 29.5 Å². The van der Waals surface area contributed by atoms with Crippen LogP contribution in [-0.2, 0) is 5.41 Å². The molecule has 0 aromatic heterocycles. The van der Waals surface area contributed by atoms with Gasteiger partial charge in [0.15, 0.2) is 0 Å². The van der Waals surface area contributed by atoms with Crippen LogP contribution in [0.3, 0.4) is 0 Å². The molecule has 0 radical (unpaired) electrons. The van der Waals surface area contributed by atoms with Gasteiger partial charge < -0.3 is 10.6 Å². The summed E-state index contributed by atoms with van der Waals surface area (Å²) >= 11 is 3.66. The highest BCUT2D eigenvalue weighted by atomic mass is 79.9. The maximum Gasteiger partial charge on any atom is 0.0213 e. The third kappa shape index (κ3) is 3.80. The van der Waals surface area contributed by atoms with Crippen LogP contribution in [0.15, 0.2) is 28.7 Å². The Labute approximate surface area is 125 Å². The maximum absolute atomic E-state index is 3.68. The molecule has 1 aliphatic rings. The predicted molar refractivity (Wildman–Crippen MR) is 85.6 cm³/mol. The van der Waals surface area contributed by atoms with Crippen molar-refractivity contribution in [3.8, 4) is 0 Å². The van der Waals surface area contributed by atoms with Crippen LogP contribution < -0.4 is 10.6 Å². The summed E-state index contributed by atoms with van der Waals surface area (Å²) in [5.74, 6) is 0. The Bertz CT molecular complexity index is 425. The van der Waals surface area contributed by atoms with Crippen molar-refractivity contribution in [3.63, 3.8) is 0 Å². The van der Waals surface area contributed by atoms with Crippen molar-refractivity contribution in [2.24, 2.45) is 5.41 Å². The van der Waals surface area contributed by atoms with E-state index in [1.165, 1.54) is 22.9 Å². The minimum Gasteiger partial charge on any atom is -0.319 e. The van der Waals surface area contributed by atoms with Gasteiger partial charge in [-0.15, -0.1) is 0 Å². The molecule has 2 N–H and O–H groups in total. The zero-order valence-electron chi connectivity index (χ0n) is 12.2. The zero-order chi connectivity index (χ0) is 13.9. The Morgan fingerprint density at radius 2 is 1.89 bits per heavy atom. The van der Waals surface area contributed by atoms with Crippen molar-refractivity contribution in [1.82, 2.24) is 10.6 Å². The molecule has 1 fully saturated rings. The first-order valence-corrected chi connectivity index (χ1v) is 7.89. The Balaban J connectivity index is 1.90. The lowest BCUT2D eigenvalue weighted by atomic mass is 9.84. The lowest BCUT2D eigenvalue weighted by molar-refractivity contribution is 0.395. The largest absolute Gasteiger partial charge is 0.319 e. The molecular weight excluding hydrogens is 300 g/mol. The van der Waals surface area contributed by atoms with Gasteiger partial charge in [-0.3, -0.25) is 0 Å². The van der Waals surface area contributed by atoms with Gasteiger partial charge in [0.1, 0.15) is 0 Å². The van der Waals surface area contributed by atoms with Gasteiger partial charge in [0.25, 0.3) is 0 Å². The number of benzene rings is 1. The van der Waals surface area contributed by atoms with Gasteiger partial charge >= 0.3 is 0 Å². The number of rotatable bonds is 7. The van der Waals surface area contributed by atoms with Crippen LogP contribution in [0.25, 0.3) is 0 Å². The number of hydrogen-bond acceptors (Lipinski definition) is 2. The summed E-state index contributed by atoms with van der Waals surface area (Å²) < 4.78 is 1.21. The number of halogens is 1. The Kier molecular flexibility index (Phi) is 4.70. The normalized spacial score (nSPS) is 17.5. The standard InChI is InChI=1S/C16H25BrN2/c1-15(2,13-6-4-5-7-14(13)17)10-19-12-16(8-9-16)11-18-3/h4-7,18-19H,8-12H2,1-3H3. The molecule has 1 saturated carbocycles. The summed E-state index contributed by atoms with van der Waals surface area (Å²) in [6.45, 7) is 7.88. The van der Waals surface area contributed by atoms with Crippen LogP contribution in [-0.4, -0.2) is 26.7 Å². The quantitative estimate of drug-likeness (QED) is 0.804. The van der Waals surface area contributed by atoms with Crippen LogP contribution in [0.1, 0.15) is 32.3 Å². The Hall–Kier alpha value is -0.380. The van der Waals surface area contributed by atoms with E-state index in [1.54, 1.807) is 0 Å². The van der Waals surface area contributed by atoms with Crippen LogP contribution in [0.5, 0.6) is 0 Å². The van der Waals surface area contributed by atoms with Crippen molar-refractivity contribution < 1.29 is 0 Å². The van der Waals surface area contributed by atoms with Crippen LogP contribution in [0.4, 0.5) is 0 Å². The molecule has 0 bridgehead atoms. The molecule has 0 unspecified atom stereocenters. The summed E-state index contributed by atoms with van der Waals surface area (Å²) in [6, 6.07) is 8.53. The van der Waals surface area contributed by atoms with E-state index in [2.05, 4.69) is 64.7 Å². The van der Waals surface area contributed by atoms with Crippen molar-refractivity contribution >= 4 is 15.9 Å². The molecule has 3 heteroatoms. The summed E-state index contributed by atoms with van der Waals surface area (Å²) in [4.78, 5) is 0. The molecule has 1 aromatic rings. The van der Waals surface area contributed by atoms with E-state index in [9.17, 15) is 0 Å². The van der Waals surface area contributed by atoms with Crippen molar-refractivity contribution in [1.29, 1.82) is 0 Å². The van der Waals surface area contributed by atoms with Crippen LogP contribution >= 0.6 is 15.9 Å². The van der Waals surface area contributed by atoms with Gasteiger partial charge in [-0.05, 0) is 36.9 Å².